The van der Waals surface area contributed by atoms with Gasteiger partial charge in [0.05, 0.1) is 21.4 Å². The van der Waals surface area contributed by atoms with Gasteiger partial charge in [-0.05, 0) is 19.1 Å². The number of halogens is 1. The topological polar surface area (TPSA) is 25.8 Å². The Morgan fingerprint density at radius 2 is 2.05 bits per heavy atom. The molecule has 19 heavy (non-hydrogen) atoms. The SMILES string of the molecule is Cc1nc(Cc2nc(-c3cccc(Cl)c3)cs2)cs1. The van der Waals surface area contributed by atoms with Crippen LogP contribution in [0.1, 0.15) is 15.7 Å². The molecule has 0 spiro atoms. The zero-order chi connectivity index (χ0) is 13.2. The summed E-state index contributed by atoms with van der Waals surface area (Å²) in [6, 6.07) is 7.78. The first-order chi connectivity index (χ1) is 9.20. The van der Waals surface area contributed by atoms with E-state index in [1.54, 1.807) is 22.7 Å². The van der Waals surface area contributed by atoms with Crippen LogP contribution >= 0.6 is 34.3 Å². The minimum Gasteiger partial charge on any atom is -0.246 e. The highest BCUT2D eigenvalue weighted by Crippen LogP contribution is 2.25. The molecule has 0 bridgehead atoms. The van der Waals surface area contributed by atoms with E-state index in [0.29, 0.717) is 0 Å². The van der Waals surface area contributed by atoms with Gasteiger partial charge < -0.3 is 0 Å². The molecule has 0 aliphatic rings. The van der Waals surface area contributed by atoms with E-state index in [1.165, 1.54) is 0 Å². The van der Waals surface area contributed by atoms with E-state index in [-0.39, 0.29) is 0 Å². The van der Waals surface area contributed by atoms with Crippen molar-refractivity contribution in [2.45, 2.75) is 13.3 Å². The predicted molar refractivity (Wildman–Crippen MR) is 82.2 cm³/mol. The molecule has 2 heterocycles. The number of rotatable bonds is 3. The second-order valence-electron chi connectivity index (χ2n) is 4.17. The third-order valence-electron chi connectivity index (χ3n) is 2.67. The zero-order valence-electron chi connectivity index (χ0n) is 10.3. The third kappa shape index (κ3) is 3.03. The summed E-state index contributed by atoms with van der Waals surface area (Å²) in [6.07, 6.45) is 0.801. The van der Waals surface area contributed by atoms with Gasteiger partial charge in [-0.25, -0.2) is 9.97 Å². The van der Waals surface area contributed by atoms with Crippen molar-refractivity contribution < 1.29 is 0 Å². The van der Waals surface area contributed by atoms with Crippen LogP contribution in [0.5, 0.6) is 0 Å². The van der Waals surface area contributed by atoms with Crippen molar-refractivity contribution in [3.8, 4) is 11.3 Å². The summed E-state index contributed by atoms with van der Waals surface area (Å²) in [6.45, 7) is 2.02. The molecule has 0 saturated heterocycles. The van der Waals surface area contributed by atoms with Crippen LogP contribution in [0, 0.1) is 6.92 Å². The second kappa shape index (κ2) is 5.41. The normalized spacial score (nSPS) is 10.8. The Kier molecular flexibility index (Phi) is 3.64. The van der Waals surface area contributed by atoms with Crippen molar-refractivity contribution in [2.75, 3.05) is 0 Å². The molecule has 5 heteroatoms. The van der Waals surface area contributed by atoms with E-state index in [9.17, 15) is 0 Å². The van der Waals surface area contributed by atoms with E-state index < -0.39 is 0 Å². The first kappa shape index (κ1) is 12.8. The van der Waals surface area contributed by atoms with Gasteiger partial charge in [-0.1, -0.05) is 23.7 Å². The number of aryl methyl sites for hydroxylation is 1. The number of thiazole rings is 2. The maximum absolute atomic E-state index is 6.00. The molecule has 0 aliphatic carbocycles. The van der Waals surface area contributed by atoms with Gasteiger partial charge in [-0.3, -0.25) is 0 Å². The summed E-state index contributed by atoms with van der Waals surface area (Å²) >= 11 is 9.34. The quantitative estimate of drug-likeness (QED) is 0.693. The number of hydrogen-bond acceptors (Lipinski definition) is 4. The molecule has 0 N–H and O–H groups in total. The molecular formula is C14H11ClN2S2. The third-order valence-corrected chi connectivity index (χ3v) is 4.58. The van der Waals surface area contributed by atoms with Gasteiger partial charge in [0.2, 0.25) is 0 Å². The molecule has 0 atom stereocenters. The maximum atomic E-state index is 6.00. The molecule has 0 radical (unpaired) electrons. The smallest absolute Gasteiger partial charge is 0.0992 e. The number of nitrogens with zero attached hydrogens (tertiary/aromatic N) is 2. The van der Waals surface area contributed by atoms with E-state index in [4.69, 9.17) is 11.6 Å². The highest BCUT2D eigenvalue weighted by Gasteiger charge is 2.07. The van der Waals surface area contributed by atoms with E-state index in [1.807, 2.05) is 31.2 Å². The summed E-state index contributed by atoms with van der Waals surface area (Å²) < 4.78 is 0. The minimum atomic E-state index is 0.738. The Bertz CT molecular complexity index is 703. The fraction of sp³-hybridized carbons (Fsp3) is 0.143. The molecule has 3 aromatic rings. The molecule has 2 aromatic heterocycles. The van der Waals surface area contributed by atoms with Crippen molar-refractivity contribution in [1.29, 1.82) is 0 Å². The Hall–Kier alpha value is -1.23. The van der Waals surface area contributed by atoms with Crippen LogP contribution in [0.3, 0.4) is 0 Å². The Balaban J connectivity index is 1.83. The Morgan fingerprint density at radius 3 is 2.79 bits per heavy atom. The van der Waals surface area contributed by atoms with E-state index in [0.717, 1.165) is 38.4 Å². The van der Waals surface area contributed by atoms with Gasteiger partial charge in [0.25, 0.3) is 0 Å². The largest absolute Gasteiger partial charge is 0.246 e. The average Bonchev–Trinajstić information content (AvgIpc) is 2.99. The zero-order valence-corrected chi connectivity index (χ0v) is 12.6. The van der Waals surface area contributed by atoms with Crippen molar-refractivity contribution in [3.05, 3.63) is 55.8 Å². The van der Waals surface area contributed by atoms with Crippen LogP contribution < -0.4 is 0 Å². The molecular weight excluding hydrogens is 296 g/mol. The molecule has 0 amide bonds. The summed E-state index contributed by atoms with van der Waals surface area (Å²) in [5.41, 5.74) is 3.13. The molecule has 0 fully saturated rings. The van der Waals surface area contributed by atoms with Gasteiger partial charge in [0.1, 0.15) is 0 Å². The molecule has 2 nitrogen and oxygen atoms in total. The summed E-state index contributed by atoms with van der Waals surface area (Å²) in [7, 11) is 0. The fourth-order valence-corrected chi connectivity index (χ4v) is 3.44. The van der Waals surface area contributed by atoms with Crippen LogP contribution in [0.2, 0.25) is 5.02 Å². The van der Waals surface area contributed by atoms with Gasteiger partial charge >= 0.3 is 0 Å². The van der Waals surface area contributed by atoms with Gasteiger partial charge in [0, 0.05) is 27.8 Å². The van der Waals surface area contributed by atoms with Crippen LogP contribution in [-0.2, 0) is 6.42 Å². The highest BCUT2D eigenvalue weighted by molar-refractivity contribution is 7.10. The lowest BCUT2D eigenvalue weighted by molar-refractivity contribution is 1.06. The lowest BCUT2D eigenvalue weighted by Crippen LogP contribution is -1.88. The first-order valence-electron chi connectivity index (χ1n) is 5.82. The van der Waals surface area contributed by atoms with Crippen LogP contribution in [0.25, 0.3) is 11.3 Å². The highest BCUT2D eigenvalue weighted by atomic mass is 35.5. The molecule has 3 rings (SSSR count). The number of benzene rings is 1. The molecule has 96 valence electrons. The van der Waals surface area contributed by atoms with Crippen molar-refractivity contribution in [3.63, 3.8) is 0 Å². The van der Waals surface area contributed by atoms with Crippen LogP contribution in [-0.4, -0.2) is 9.97 Å². The lowest BCUT2D eigenvalue weighted by Gasteiger charge is -1.96. The van der Waals surface area contributed by atoms with Gasteiger partial charge in [0.15, 0.2) is 0 Å². The lowest BCUT2D eigenvalue weighted by atomic mass is 10.2. The Morgan fingerprint density at radius 1 is 1.16 bits per heavy atom. The number of hydrogen-bond donors (Lipinski definition) is 0. The molecule has 0 unspecified atom stereocenters. The first-order valence-corrected chi connectivity index (χ1v) is 7.96. The van der Waals surface area contributed by atoms with E-state index in [2.05, 4.69) is 20.7 Å². The summed E-state index contributed by atoms with van der Waals surface area (Å²) in [4.78, 5) is 9.12. The average molecular weight is 307 g/mol. The van der Waals surface area contributed by atoms with Crippen LogP contribution in [0.4, 0.5) is 0 Å². The standard InChI is InChI=1S/C14H11ClN2S2/c1-9-16-12(7-18-9)6-14-17-13(8-19-14)10-3-2-4-11(15)5-10/h2-5,7-8H,6H2,1H3. The Labute approximate surface area is 124 Å². The van der Waals surface area contributed by atoms with Gasteiger partial charge in [-0.2, -0.15) is 0 Å². The van der Waals surface area contributed by atoms with Crippen molar-refractivity contribution in [2.24, 2.45) is 0 Å². The van der Waals surface area contributed by atoms with Crippen LogP contribution in [0.15, 0.2) is 35.0 Å². The molecule has 0 saturated carbocycles. The predicted octanol–water partition coefficient (Wildman–Crippen LogP) is 4.82. The van der Waals surface area contributed by atoms with Crippen molar-refractivity contribution >= 4 is 34.3 Å². The second-order valence-corrected chi connectivity index (χ2v) is 6.61. The molecule has 0 aliphatic heterocycles. The summed E-state index contributed by atoms with van der Waals surface area (Å²) in [5, 5.41) is 7.08. The fourth-order valence-electron chi connectivity index (χ4n) is 1.82. The van der Waals surface area contributed by atoms with Crippen molar-refractivity contribution in [1.82, 2.24) is 9.97 Å². The van der Waals surface area contributed by atoms with Gasteiger partial charge in [-0.15, -0.1) is 22.7 Å². The maximum Gasteiger partial charge on any atom is 0.0992 e. The molecule has 1 aromatic carbocycles. The minimum absolute atomic E-state index is 0.738. The number of aromatic nitrogens is 2. The summed E-state index contributed by atoms with van der Waals surface area (Å²) in [5.74, 6) is 0. The monoisotopic (exact) mass is 306 g/mol. The van der Waals surface area contributed by atoms with E-state index >= 15 is 0 Å².